The molecule has 1 aliphatic rings. The molecule has 22 heavy (non-hydrogen) atoms. The highest BCUT2D eigenvalue weighted by atomic mass is 16.3. The molecule has 2 aromatic rings. The maximum Gasteiger partial charge on any atom is 0.253 e. The molecule has 4 heteroatoms. The maximum absolute atomic E-state index is 12.6. The van der Waals surface area contributed by atoms with E-state index in [1.807, 2.05) is 35.2 Å². The molecular weight excluding hydrogens is 276 g/mol. The molecule has 0 unspecified atom stereocenters. The van der Waals surface area contributed by atoms with Crippen LogP contribution in [0.15, 0.2) is 36.4 Å². The lowest BCUT2D eigenvalue weighted by molar-refractivity contribution is 0.0664. The fraction of sp³-hybridized carbons (Fsp3) is 0.389. The van der Waals surface area contributed by atoms with E-state index in [9.17, 15) is 4.79 Å². The van der Waals surface area contributed by atoms with Crippen LogP contribution in [0.4, 0.5) is 0 Å². The Labute approximate surface area is 131 Å². The Morgan fingerprint density at radius 3 is 2.45 bits per heavy atom. The second-order valence-electron chi connectivity index (χ2n) is 5.97. The summed E-state index contributed by atoms with van der Waals surface area (Å²) < 4.78 is 0. The number of fused-ring (bicyclic) bond motifs is 1. The van der Waals surface area contributed by atoms with Crippen LogP contribution in [0.5, 0.6) is 0 Å². The number of piperazine rings is 1. The number of hydrogen-bond donors (Lipinski definition) is 1. The van der Waals surface area contributed by atoms with Crippen molar-refractivity contribution in [3.05, 3.63) is 47.5 Å². The predicted octanol–water partition coefficient (Wildman–Crippen LogP) is 1.76. The van der Waals surface area contributed by atoms with Gasteiger partial charge in [0.1, 0.15) is 0 Å². The minimum Gasteiger partial charge on any atom is -0.396 e. The number of hydrogen-bond acceptors (Lipinski definition) is 3. The van der Waals surface area contributed by atoms with Crippen molar-refractivity contribution in [2.24, 2.45) is 0 Å². The van der Waals surface area contributed by atoms with Gasteiger partial charge in [0.15, 0.2) is 0 Å². The normalized spacial score (nSPS) is 16.2. The van der Waals surface area contributed by atoms with E-state index >= 15 is 0 Å². The number of aliphatic hydroxyl groups excluding tert-OH is 1. The SMILES string of the molecule is CN1CCN(C(=O)c2ccc3cc(CCO)ccc3c2)CC1. The first kappa shape index (κ1) is 15.0. The summed E-state index contributed by atoms with van der Waals surface area (Å²) in [7, 11) is 2.09. The van der Waals surface area contributed by atoms with Gasteiger partial charge in [-0.1, -0.05) is 24.3 Å². The summed E-state index contributed by atoms with van der Waals surface area (Å²) in [6.45, 7) is 3.62. The number of amides is 1. The van der Waals surface area contributed by atoms with Gasteiger partial charge in [-0.05, 0) is 41.9 Å². The van der Waals surface area contributed by atoms with Gasteiger partial charge in [-0.2, -0.15) is 0 Å². The molecule has 3 rings (SSSR count). The molecule has 1 aliphatic heterocycles. The highest BCUT2D eigenvalue weighted by molar-refractivity contribution is 5.98. The molecule has 2 aromatic carbocycles. The average molecular weight is 298 g/mol. The van der Waals surface area contributed by atoms with E-state index in [0.29, 0.717) is 6.42 Å². The smallest absolute Gasteiger partial charge is 0.253 e. The van der Waals surface area contributed by atoms with E-state index in [0.717, 1.165) is 48.1 Å². The second-order valence-corrected chi connectivity index (χ2v) is 5.97. The quantitative estimate of drug-likeness (QED) is 0.939. The molecule has 0 aromatic heterocycles. The van der Waals surface area contributed by atoms with Gasteiger partial charge in [-0.15, -0.1) is 0 Å². The molecule has 0 radical (unpaired) electrons. The number of likely N-dealkylation sites (N-methyl/N-ethyl adjacent to an activating group) is 1. The third-order valence-electron chi connectivity index (χ3n) is 4.34. The van der Waals surface area contributed by atoms with Crippen LogP contribution in [0.3, 0.4) is 0 Å². The summed E-state index contributed by atoms with van der Waals surface area (Å²) >= 11 is 0. The van der Waals surface area contributed by atoms with Crippen molar-refractivity contribution in [3.8, 4) is 0 Å². The molecular formula is C18H22N2O2. The molecule has 0 saturated carbocycles. The monoisotopic (exact) mass is 298 g/mol. The van der Waals surface area contributed by atoms with Crippen molar-refractivity contribution < 1.29 is 9.90 Å². The van der Waals surface area contributed by atoms with Crippen LogP contribution < -0.4 is 0 Å². The standard InChI is InChI=1S/C18H22N2O2/c1-19-7-9-20(10-8-19)18(22)17-5-4-15-12-14(6-11-21)2-3-16(15)13-17/h2-5,12-13,21H,6-11H2,1H3. The molecule has 1 fully saturated rings. The van der Waals surface area contributed by atoms with E-state index in [2.05, 4.69) is 18.0 Å². The van der Waals surface area contributed by atoms with Gasteiger partial charge in [0.2, 0.25) is 0 Å². The zero-order valence-corrected chi connectivity index (χ0v) is 13.0. The van der Waals surface area contributed by atoms with Gasteiger partial charge >= 0.3 is 0 Å². The molecule has 1 amide bonds. The highest BCUT2D eigenvalue weighted by Crippen LogP contribution is 2.19. The molecule has 0 aliphatic carbocycles. The fourth-order valence-electron chi connectivity index (χ4n) is 2.90. The third kappa shape index (κ3) is 3.13. The van der Waals surface area contributed by atoms with E-state index in [-0.39, 0.29) is 12.5 Å². The van der Waals surface area contributed by atoms with Gasteiger partial charge in [0.25, 0.3) is 5.91 Å². The van der Waals surface area contributed by atoms with Crippen LogP contribution in [-0.4, -0.2) is 60.6 Å². The van der Waals surface area contributed by atoms with Gasteiger partial charge in [0, 0.05) is 38.3 Å². The summed E-state index contributed by atoms with van der Waals surface area (Å²) in [5.41, 5.74) is 1.88. The Kier molecular flexibility index (Phi) is 4.41. The average Bonchev–Trinajstić information content (AvgIpc) is 2.55. The lowest BCUT2D eigenvalue weighted by Gasteiger charge is -2.32. The van der Waals surface area contributed by atoms with Gasteiger partial charge in [-0.3, -0.25) is 4.79 Å². The topological polar surface area (TPSA) is 43.8 Å². The van der Waals surface area contributed by atoms with E-state index < -0.39 is 0 Å². The van der Waals surface area contributed by atoms with Crippen LogP contribution >= 0.6 is 0 Å². The van der Waals surface area contributed by atoms with Crippen LogP contribution in [0.2, 0.25) is 0 Å². The Morgan fingerprint density at radius 1 is 1.05 bits per heavy atom. The summed E-state index contributed by atoms with van der Waals surface area (Å²) in [4.78, 5) is 16.8. The third-order valence-corrected chi connectivity index (χ3v) is 4.34. The van der Waals surface area contributed by atoms with E-state index in [1.165, 1.54) is 0 Å². The van der Waals surface area contributed by atoms with E-state index in [1.54, 1.807) is 0 Å². The van der Waals surface area contributed by atoms with Crippen molar-refractivity contribution in [1.29, 1.82) is 0 Å². The highest BCUT2D eigenvalue weighted by Gasteiger charge is 2.20. The molecule has 0 bridgehead atoms. The van der Waals surface area contributed by atoms with Gasteiger partial charge in [-0.25, -0.2) is 0 Å². The first-order valence-electron chi connectivity index (χ1n) is 7.79. The second kappa shape index (κ2) is 6.46. The van der Waals surface area contributed by atoms with Crippen LogP contribution in [0.1, 0.15) is 15.9 Å². The first-order valence-corrected chi connectivity index (χ1v) is 7.79. The predicted molar refractivity (Wildman–Crippen MR) is 88.1 cm³/mol. The number of carbonyl (C=O) groups is 1. The van der Waals surface area contributed by atoms with Crippen molar-refractivity contribution in [3.63, 3.8) is 0 Å². The Balaban J connectivity index is 1.82. The number of benzene rings is 2. The maximum atomic E-state index is 12.6. The summed E-state index contributed by atoms with van der Waals surface area (Å²) in [5, 5.41) is 11.2. The zero-order valence-electron chi connectivity index (χ0n) is 13.0. The van der Waals surface area contributed by atoms with Crippen LogP contribution in [0, 0.1) is 0 Å². The van der Waals surface area contributed by atoms with Crippen molar-refractivity contribution in [1.82, 2.24) is 9.80 Å². The summed E-state index contributed by atoms with van der Waals surface area (Å²) in [5.74, 6) is 0.120. The Bertz CT molecular complexity index is 676. The van der Waals surface area contributed by atoms with Crippen LogP contribution in [0.25, 0.3) is 10.8 Å². The largest absolute Gasteiger partial charge is 0.396 e. The van der Waals surface area contributed by atoms with Crippen molar-refractivity contribution in [2.75, 3.05) is 39.8 Å². The molecule has 0 spiro atoms. The molecule has 116 valence electrons. The first-order chi connectivity index (χ1) is 10.7. The van der Waals surface area contributed by atoms with E-state index in [4.69, 9.17) is 5.11 Å². The fourth-order valence-corrected chi connectivity index (χ4v) is 2.90. The Hall–Kier alpha value is -1.91. The van der Waals surface area contributed by atoms with Gasteiger partial charge < -0.3 is 14.9 Å². The number of nitrogens with zero attached hydrogens (tertiary/aromatic N) is 2. The van der Waals surface area contributed by atoms with Crippen molar-refractivity contribution >= 4 is 16.7 Å². The van der Waals surface area contributed by atoms with Crippen molar-refractivity contribution in [2.45, 2.75) is 6.42 Å². The zero-order chi connectivity index (χ0) is 15.5. The minimum absolute atomic E-state index is 0.120. The lowest BCUT2D eigenvalue weighted by atomic mass is 10.0. The number of aliphatic hydroxyl groups is 1. The lowest BCUT2D eigenvalue weighted by Crippen LogP contribution is -2.47. The summed E-state index contributed by atoms with van der Waals surface area (Å²) in [6, 6.07) is 12.0. The number of rotatable bonds is 3. The molecule has 1 heterocycles. The Morgan fingerprint density at radius 2 is 1.73 bits per heavy atom. The molecule has 1 saturated heterocycles. The summed E-state index contributed by atoms with van der Waals surface area (Å²) in [6.07, 6.45) is 0.665. The molecule has 1 N–H and O–H groups in total. The molecule has 4 nitrogen and oxygen atoms in total. The van der Waals surface area contributed by atoms with Gasteiger partial charge in [0.05, 0.1) is 0 Å². The minimum atomic E-state index is 0.120. The number of carbonyl (C=O) groups excluding carboxylic acids is 1. The molecule has 0 atom stereocenters. The van der Waals surface area contributed by atoms with Crippen LogP contribution in [-0.2, 0) is 6.42 Å².